The highest BCUT2D eigenvalue weighted by atomic mass is 35.5. The van der Waals surface area contributed by atoms with Crippen molar-refractivity contribution in [3.05, 3.63) is 69.1 Å². The van der Waals surface area contributed by atoms with Gasteiger partial charge in [-0.15, -0.1) is 0 Å². The van der Waals surface area contributed by atoms with Gasteiger partial charge in [-0.1, -0.05) is 23.8 Å². The Kier molecular flexibility index (Phi) is 8.64. The van der Waals surface area contributed by atoms with Crippen molar-refractivity contribution >= 4 is 46.8 Å². The van der Waals surface area contributed by atoms with Gasteiger partial charge in [-0.3, -0.25) is 4.79 Å². The molecule has 0 aliphatic carbocycles. The number of nitrogens with two attached hydrogens (primary N) is 2. The number of aliphatic imine (C=N–C) groups is 1. The van der Waals surface area contributed by atoms with Crippen molar-refractivity contribution in [3.63, 3.8) is 0 Å². The number of carbonyl (C=O) groups excluding carboxylic acids is 1. The molecular weight excluding hydrogens is 474 g/mol. The summed E-state index contributed by atoms with van der Waals surface area (Å²) in [6.45, 7) is 2.59. The molecule has 5 N–H and O–H groups in total. The Balaban J connectivity index is 1.76. The normalized spacial score (nSPS) is 11.7. The molecule has 0 fully saturated rings. The van der Waals surface area contributed by atoms with E-state index in [1.165, 1.54) is 11.5 Å². The molecule has 0 saturated carbocycles. The number of hydrogen-bond acceptors (Lipinski definition) is 6. The Morgan fingerprint density at radius 1 is 1.26 bits per heavy atom. The quantitative estimate of drug-likeness (QED) is 0.240. The van der Waals surface area contributed by atoms with Crippen LogP contribution in [0.3, 0.4) is 0 Å². The van der Waals surface area contributed by atoms with Gasteiger partial charge in [0.2, 0.25) is 0 Å². The zero-order chi connectivity index (χ0) is 24.7. The average molecular weight is 500 g/mol. The first-order valence-electron chi connectivity index (χ1n) is 10.3. The van der Waals surface area contributed by atoms with Gasteiger partial charge in [0.05, 0.1) is 35.7 Å². The van der Waals surface area contributed by atoms with E-state index < -0.39 is 5.91 Å². The fourth-order valence-corrected chi connectivity index (χ4v) is 4.13. The molecule has 1 amide bonds. The molecule has 0 radical (unpaired) electrons. The van der Waals surface area contributed by atoms with Crippen LogP contribution in [0.2, 0.25) is 5.02 Å². The summed E-state index contributed by atoms with van der Waals surface area (Å²) in [5.74, 6) is 0.233. The van der Waals surface area contributed by atoms with Crippen LogP contribution in [0.1, 0.15) is 26.4 Å². The summed E-state index contributed by atoms with van der Waals surface area (Å²) < 4.78 is 14.6. The van der Waals surface area contributed by atoms with Gasteiger partial charge in [-0.05, 0) is 66.0 Å². The highest BCUT2D eigenvalue weighted by molar-refractivity contribution is 7.06. The van der Waals surface area contributed by atoms with Gasteiger partial charge in [0.15, 0.2) is 5.96 Å². The summed E-state index contributed by atoms with van der Waals surface area (Å²) in [7, 11) is 3.21. The van der Waals surface area contributed by atoms with E-state index in [1.807, 2.05) is 49.4 Å². The van der Waals surface area contributed by atoms with Gasteiger partial charge >= 0.3 is 0 Å². The van der Waals surface area contributed by atoms with E-state index in [2.05, 4.69) is 14.7 Å². The number of amides is 1. The summed E-state index contributed by atoms with van der Waals surface area (Å²) in [4.78, 5) is 17.7. The Morgan fingerprint density at radius 3 is 2.68 bits per heavy atom. The van der Waals surface area contributed by atoms with Crippen molar-refractivity contribution in [1.82, 2.24) is 9.69 Å². The average Bonchev–Trinajstić information content (AvgIpc) is 3.22. The van der Waals surface area contributed by atoms with Crippen LogP contribution < -0.4 is 21.5 Å². The highest BCUT2D eigenvalue weighted by Crippen LogP contribution is 2.30. The lowest BCUT2D eigenvalue weighted by molar-refractivity contribution is 0.100. The number of methoxy groups -OCH3 is 2. The first-order chi connectivity index (χ1) is 16.3. The minimum absolute atomic E-state index is 0.0132. The number of ether oxygens (including phenoxy) is 2. The molecule has 0 bridgehead atoms. The lowest BCUT2D eigenvalue weighted by atomic mass is 10.1. The van der Waals surface area contributed by atoms with E-state index >= 15 is 0 Å². The van der Waals surface area contributed by atoms with Crippen molar-refractivity contribution in [2.45, 2.75) is 13.5 Å². The molecule has 3 rings (SSSR count). The van der Waals surface area contributed by atoms with Crippen molar-refractivity contribution < 1.29 is 14.3 Å². The van der Waals surface area contributed by atoms with Gasteiger partial charge in [-0.25, -0.2) is 0 Å². The van der Waals surface area contributed by atoms with Crippen LogP contribution in [0.5, 0.6) is 5.75 Å². The summed E-state index contributed by atoms with van der Waals surface area (Å²) in [6, 6.07) is 10.9. The number of benzene rings is 2. The van der Waals surface area contributed by atoms with Crippen molar-refractivity contribution in [2.75, 3.05) is 26.6 Å². The first-order valence-corrected chi connectivity index (χ1v) is 11.5. The second-order valence-corrected chi connectivity index (χ2v) is 8.67. The number of hydrogen-bond donors (Lipinski definition) is 3. The van der Waals surface area contributed by atoms with E-state index in [0.29, 0.717) is 35.1 Å². The number of nitrogens with zero attached hydrogens (tertiary/aromatic N) is 2. The topological polar surface area (TPSA) is 125 Å². The van der Waals surface area contributed by atoms with E-state index in [-0.39, 0.29) is 5.96 Å². The van der Waals surface area contributed by atoms with Crippen molar-refractivity contribution in [2.24, 2.45) is 10.7 Å². The van der Waals surface area contributed by atoms with E-state index in [1.54, 1.807) is 20.3 Å². The van der Waals surface area contributed by atoms with Gasteiger partial charge in [-0.2, -0.15) is 9.37 Å². The molecule has 1 heterocycles. The van der Waals surface area contributed by atoms with Gasteiger partial charge in [0.1, 0.15) is 5.75 Å². The van der Waals surface area contributed by atoms with Crippen LogP contribution in [0.25, 0.3) is 17.3 Å². The standard InChI is InChI=1S/C24H26ClN5O3S/c1-14-20(22(30-34-14)16-6-8-18(33-3)9-7-16)23(31)29-24(27)28-13-15-11-17(5-4-10-32-2)21(26)19(25)12-15/h4-9,11-12H,10,13,26H2,1-3H3,(H3,27,28,29,31)/b5-4+. The molecule has 0 aliphatic heterocycles. The molecule has 1 aromatic heterocycles. The number of aryl methyl sites for hydroxylation is 1. The van der Waals surface area contributed by atoms with E-state index in [0.717, 1.165) is 27.3 Å². The molecule has 10 heteroatoms. The predicted octanol–water partition coefficient (Wildman–Crippen LogP) is 4.27. The smallest absolute Gasteiger partial charge is 0.283 e. The maximum atomic E-state index is 12.9. The molecule has 2 aromatic carbocycles. The van der Waals surface area contributed by atoms with Crippen molar-refractivity contribution in [1.29, 1.82) is 0 Å². The van der Waals surface area contributed by atoms with E-state index in [4.69, 9.17) is 32.5 Å². The first kappa shape index (κ1) is 25.2. The predicted molar refractivity (Wildman–Crippen MR) is 138 cm³/mol. The van der Waals surface area contributed by atoms with E-state index in [9.17, 15) is 4.79 Å². The number of aromatic nitrogens is 1. The van der Waals surface area contributed by atoms with Gasteiger partial charge in [0, 0.05) is 24.1 Å². The third-order valence-electron chi connectivity index (χ3n) is 4.92. The summed E-state index contributed by atoms with van der Waals surface area (Å²) in [5, 5.41) is 3.38. The lowest BCUT2D eigenvalue weighted by Gasteiger charge is -2.10. The molecule has 0 spiro atoms. The Labute approximate surface area is 207 Å². The van der Waals surface area contributed by atoms with Gasteiger partial charge < -0.3 is 26.3 Å². The van der Waals surface area contributed by atoms with Gasteiger partial charge in [0.25, 0.3) is 5.91 Å². The summed E-state index contributed by atoms with van der Waals surface area (Å²) >= 11 is 7.50. The number of guanidine groups is 1. The zero-order valence-electron chi connectivity index (χ0n) is 19.1. The second kappa shape index (κ2) is 11.6. The largest absolute Gasteiger partial charge is 0.497 e. The van der Waals surface area contributed by atoms with Crippen LogP contribution in [-0.2, 0) is 11.3 Å². The minimum atomic E-state index is -0.472. The third-order valence-corrected chi connectivity index (χ3v) is 5.98. The molecule has 34 heavy (non-hydrogen) atoms. The molecule has 178 valence electrons. The Hall–Kier alpha value is -3.40. The summed E-state index contributed by atoms with van der Waals surface area (Å²) in [6.07, 6.45) is 3.67. The molecule has 8 nitrogen and oxygen atoms in total. The molecule has 0 saturated heterocycles. The molecule has 0 atom stereocenters. The molecule has 3 aromatic rings. The summed E-state index contributed by atoms with van der Waals surface area (Å²) in [5.41, 5.74) is 15.9. The minimum Gasteiger partial charge on any atom is -0.497 e. The maximum Gasteiger partial charge on any atom is 0.283 e. The number of halogens is 1. The molecule has 0 unspecified atom stereocenters. The van der Waals surface area contributed by atoms with Crippen molar-refractivity contribution in [3.8, 4) is 17.0 Å². The third kappa shape index (κ3) is 6.13. The number of anilines is 1. The number of rotatable bonds is 8. The number of carbonyl (C=O) groups is 1. The van der Waals surface area contributed by atoms with Crippen LogP contribution in [-0.4, -0.2) is 37.1 Å². The number of nitrogens with one attached hydrogen (secondary N) is 1. The Morgan fingerprint density at radius 2 is 2.00 bits per heavy atom. The maximum absolute atomic E-state index is 12.9. The SMILES string of the molecule is COC/C=C/c1cc(CN/C(N)=N\C(=O)c2c(-c3ccc(OC)cc3)nsc2C)cc(Cl)c1N. The highest BCUT2D eigenvalue weighted by Gasteiger charge is 2.20. The van der Waals surface area contributed by atoms with Crippen LogP contribution in [0.15, 0.2) is 47.5 Å². The monoisotopic (exact) mass is 499 g/mol. The fourth-order valence-electron chi connectivity index (χ4n) is 3.18. The molecular formula is C24H26ClN5O3S. The number of nitrogen functional groups attached to an aromatic ring is 1. The molecule has 0 aliphatic rings. The zero-order valence-corrected chi connectivity index (χ0v) is 20.7. The van der Waals surface area contributed by atoms with Crippen LogP contribution in [0.4, 0.5) is 5.69 Å². The van der Waals surface area contributed by atoms with Crippen LogP contribution >= 0.6 is 23.1 Å². The lowest BCUT2D eigenvalue weighted by Crippen LogP contribution is -2.32. The second-order valence-electron chi connectivity index (χ2n) is 7.28. The Bertz CT molecular complexity index is 1220. The van der Waals surface area contributed by atoms with Crippen LogP contribution in [0, 0.1) is 6.92 Å². The fraction of sp³-hybridized carbons (Fsp3) is 0.208.